The highest BCUT2D eigenvalue weighted by molar-refractivity contribution is 5.81. The second-order valence-corrected chi connectivity index (χ2v) is 23.6. The molecule has 0 aromatic carbocycles. The number of fused-ring (bicyclic) bond motifs is 7. The molecule has 7 aliphatic carbocycles. The molecule has 2 heterocycles. The lowest BCUT2D eigenvalue weighted by molar-refractivity contribution is -0.247. The number of rotatable bonds is 7. The predicted octanol–water partition coefficient (Wildman–Crippen LogP) is 8.62. The fourth-order valence-electron chi connectivity index (χ4n) is 17.3. The second-order valence-electron chi connectivity index (χ2n) is 23.6. The van der Waals surface area contributed by atoms with Crippen molar-refractivity contribution in [1.82, 2.24) is 14.7 Å². The Labute approximate surface area is 345 Å². The molecule has 1 N–H and O–H groups in total. The first kappa shape index (κ1) is 40.7. The van der Waals surface area contributed by atoms with Gasteiger partial charge in [-0.3, -0.25) is 19.3 Å². The number of esters is 1. The maximum atomic E-state index is 14.7. The fraction of sp³-hybridized carbons (Fsp3) is 0.939. The summed E-state index contributed by atoms with van der Waals surface area (Å²) in [5, 5.41) is 9.69. The third-order valence-electron chi connectivity index (χ3n) is 21.2. The quantitative estimate of drug-likeness (QED) is 0.259. The van der Waals surface area contributed by atoms with Crippen LogP contribution in [0.1, 0.15) is 145 Å². The highest BCUT2D eigenvalue weighted by Crippen LogP contribution is 2.77. The van der Waals surface area contributed by atoms with Crippen molar-refractivity contribution < 1.29 is 24.2 Å². The van der Waals surface area contributed by atoms with E-state index in [1.807, 2.05) is 13.8 Å². The van der Waals surface area contributed by atoms with E-state index in [1.54, 1.807) is 0 Å². The zero-order valence-electron chi connectivity index (χ0n) is 37.2. The Hall–Kier alpha value is -1.67. The molecule has 0 aromatic rings. The van der Waals surface area contributed by atoms with E-state index in [2.05, 4.69) is 56.2 Å². The highest BCUT2D eigenvalue weighted by atomic mass is 16.5. The highest BCUT2D eigenvalue weighted by Gasteiger charge is 2.71. The van der Waals surface area contributed by atoms with Crippen LogP contribution in [0.4, 0.5) is 0 Å². The summed E-state index contributed by atoms with van der Waals surface area (Å²) in [6.45, 7) is 26.8. The lowest BCUT2D eigenvalue weighted by atomic mass is 9.33. The first-order valence-corrected chi connectivity index (χ1v) is 24.1. The van der Waals surface area contributed by atoms with Crippen molar-refractivity contribution in [1.29, 1.82) is 0 Å². The molecule has 1 unspecified atom stereocenters. The lowest BCUT2D eigenvalue weighted by Gasteiger charge is -2.72. The number of piperazine rings is 1. The van der Waals surface area contributed by atoms with Crippen LogP contribution in [0, 0.1) is 86.3 Å². The predicted molar refractivity (Wildman–Crippen MR) is 223 cm³/mol. The van der Waals surface area contributed by atoms with Crippen molar-refractivity contribution in [3.8, 4) is 0 Å². The average Bonchev–Trinajstić information content (AvgIpc) is 3.95. The molecule has 13 atom stereocenters. The van der Waals surface area contributed by atoms with E-state index in [4.69, 9.17) is 4.74 Å². The summed E-state index contributed by atoms with van der Waals surface area (Å²) in [5.41, 5.74) is 0.0687. The molecular formula is C49H79N3O5. The number of piperidine rings is 1. The number of carboxylic acid groups (broad SMARTS) is 1. The number of likely N-dealkylation sites (tertiary alicyclic amines) is 1. The van der Waals surface area contributed by atoms with Crippen LogP contribution in [0.3, 0.4) is 0 Å². The van der Waals surface area contributed by atoms with Gasteiger partial charge in [-0.25, -0.2) is 0 Å². The van der Waals surface area contributed by atoms with Crippen molar-refractivity contribution in [3.05, 3.63) is 0 Å². The number of likely N-dealkylation sites (N-methyl/N-ethyl adjacent to an activating group) is 1. The van der Waals surface area contributed by atoms with E-state index in [0.29, 0.717) is 47.5 Å². The zero-order valence-corrected chi connectivity index (χ0v) is 37.2. The molecule has 0 aromatic heterocycles. The van der Waals surface area contributed by atoms with Crippen LogP contribution in [0.25, 0.3) is 0 Å². The number of carbonyl (C=O) groups excluding carboxylic acids is 2. The normalized spacial score (nSPS) is 47.1. The van der Waals surface area contributed by atoms with Crippen molar-refractivity contribution in [3.63, 3.8) is 0 Å². The maximum absolute atomic E-state index is 14.7. The van der Waals surface area contributed by atoms with Crippen LogP contribution in [0.15, 0.2) is 0 Å². The number of nitrogens with zero attached hydrogens (tertiary/aromatic N) is 3. The number of carbonyl (C=O) groups is 3. The minimum atomic E-state index is -0.799. The maximum Gasteiger partial charge on any atom is 0.309 e. The number of hydrogen-bond donors (Lipinski definition) is 1. The minimum absolute atomic E-state index is 0.121. The van der Waals surface area contributed by atoms with E-state index >= 15 is 0 Å². The van der Waals surface area contributed by atoms with Crippen LogP contribution < -0.4 is 0 Å². The first-order valence-electron chi connectivity index (χ1n) is 24.1. The summed E-state index contributed by atoms with van der Waals surface area (Å²) < 4.78 is 6.47. The molecule has 2 saturated heterocycles. The van der Waals surface area contributed by atoms with Gasteiger partial charge in [-0.1, -0.05) is 55.4 Å². The number of aliphatic carboxylic acids is 1. The third-order valence-corrected chi connectivity index (χ3v) is 21.2. The molecule has 0 radical (unpaired) electrons. The summed E-state index contributed by atoms with van der Waals surface area (Å²) in [6.07, 6.45) is 16.1. The van der Waals surface area contributed by atoms with Crippen molar-refractivity contribution in [2.45, 2.75) is 157 Å². The van der Waals surface area contributed by atoms with E-state index in [-0.39, 0.29) is 40.2 Å². The number of amides is 1. The first-order chi connectivity index (χ1) is 27.0. The summed E-state index contributed by atoms with van der Waals surface area (Å²) in [7, 11) is 0. The average molecular weight is 790 g/mol. The van der Waals surface area contributed by atoms with Gasteiger partial charge in [-0.15, -0.1) is 0 Å². The van der Waals surface area contributed by atoms with Crippen LogP contribution >= 0.6 is 0 Å². The van der Waals surface area contributed by atoms with E-state index in [0.717, 1.165) is 69.5 Å². The Morgan fingerprint density at radius 3 is 1.98 bits per heavy atom. The van der Waals surface area contributed by atoms with Gasteiger partial charge in [-0.05, 0) is 160 Å². The van der Waals surface area contributed by atoms with Gasteiger partial charge >= 0.3 is 11.9 Å². The van der Waals surface area contributed by atoms with Crippen LogP contribution in [-0.4, -0.2) is 95.6 Å². The van der Waals surface area contributed by atoms with Gasteiger partial charge in [0, 0.05) is 56.6 Å². The van der Waals surface area contributed by atoms with Gasteiger partial charge in [0.15, 0.2) is 0 Å². The molecule has 1 amide bonds. The molecule has 9 fully saturated rings. The van der Waals surface area contributed by atoms with Crippen LogP contribution in [0.5, 0.6) is 0 Å². The van der Waals surface area contributed by atoms with Gasteiger partial charge in [0.05, 0.1) is 11.8 Å². The minimum Gasteiger partial charge on any atom is -0.481 e. The molecule has 8 heteroatoms. The SMILES string of the molecule is CCN1CCN(C2CCN(C(=O)[C@@H]3C[C@@H](C4CC4)[C@H]4C3CC[C@]3(C)[C@@H]4CC[C@@H]4[C@@]5(C)CC[C@H](OC(=O)[C@H]6C[C@@H](C(=O)O)C6(C)C)C(C)(C)[C@@H]5CC[C@]43C)CC2)CC1. The number of hydrogen-bond acceptors (Lipinski definition) is 6. The standard InChI is InChI=1S/C49H79N3O5/c1-9-50-24-26-51(27-25-50)31-17-22-52(23-18-31)42(53)34-28-33(30-10-11-30)41-32(34)14-20-48(7)35(41)12-13-39-47(6)19-16-40(46(4,5)38(47)15-21-49(39,48)8)57-44(56)37-29-36(43(54)55)45(37,2)3/h30-41H,9-29H2,1-8H3,(H,54,55)/t32?,33-,34+,35+,36-,37+,38-,39+,40-,41+,47-,48+,49+/m0/s1. The Balaban J connectivity index is 0.883. The van der Waals surface area contributed by atoms with Gasteiger partial charge in [0.2, 0.25) is 5.91 Å². The summed E-state index contributed by atoms with van der Waals surface area (Å²) in [6, 6.07) is 0.649. The largest absolute Gasteiger partial charge is 0.481 e. The monoisotopic (exact) mass is 790 g/mol. The van der Waals surface area contributed by atoms with Crippen LogP contribution in [0.2, 0.25) is 0 Å². The smallest absolute Gasteiger partial charge is 0.309 e. The molecule has 8 nitrogen and oxygen atoms in total. The Bertz CT molecular complexity index is 1580. The van der Waals surface area contributed by atoms with Crippen molar-refractivity contribution in [2.75, 3.05) is 45.8 Å². The van der Waals surface area contributed by atoms with Crippen molar-refractivity contribution in [2.24, 2.45) is 86.3 Å². The number of ether oxygens (including phenoxy) is 1. The van der Waals surface area contributed by atoms with E-state index < -0.39 is 17.3 Å². The second kappa shape index (κ2) is 14.2. The zero-order chi connectivity index (χ0) is 40.4. The molecule has 0 spiro atoms. The fourth-order valence-corrected chi connectivity index (χ4v) is 17.3. The van der Waals surface area contributed by atoms with E-state index in [9.17, 15) is 19.5 Å². The molecule has 2 aliphatic heterocycles. The molecule has 57 heavy (non-hydrogen) atoms. The Morgan fingerprint density at radius 2 is 1.35 bits per heavy atom. The third kappa shape index (κ3) is 6.17. The molecule has 320 valence electrons. The molecule has 9 rings (SSSR count). The van der Waals surface area contributed by atoms with Crippen molar-refractivity contribution >= 4 is 17.8 Å². The van der Waals surface area contributed by atoms with Gasteiger partial charge in [-0.2, -0.15) is 0 Å². The Kier molecular flexibility index (Phi) is 10.1. The van der Waals surface area contributed by atoms with Gasteiger partial charge in [0.25, 0.3) is 0 Å². The summed E-state index contributed by atoms with van der Waals surface area (Å²) in [4.78, 5) is 47.8. The van der Waals surface area contributed by atoms with E-state index in [1.165, 1.54) is 77.5 Å². The topological polar surface area (TPSA) is 90.4 Å². The van der Waals surface area contributed by atoms with Crippen LogP contribution in [-0.2, 0) is 19.1 Å². The summed E-state index contributed by atoms with van der Waals surface area (Å²) >= 11 is 0. The Morgan fingerprint density at radius 1 is 0.667 bits per heavy atom. The molecule has 9 aliphatic rings. The van der Waals surface area contributed by atoms with Gasteiger partial charge in [0.1, 0.15) is 6.10 Å². The number of carboxylic acids is 1. The lowest BCUT2D eigenvalue weighted by Crippen LogP contribution is -2.66. The molecule has 0 bridgehead atoms. The van der Waals surface area contributed by atoms with Gasteiger partial charge < -0.3 is 19.6 Å². The summed E-state index contributed by atoms with van der Waals surface area (Å²) in [5.74, 6) is 3.73. The molecular weight excluding hydrogens is 711 g/mol. The molecule has 7 saturated carbocycles.